The van der Waals surface area contributed by atoms with E-state index in [1.54, 1.807) is 16.0 Å². The van der Waals surface area contributed by atoms with Crippen LogP contribution in [0.2, 0.25) is 0 Å². The van der Waals surface area contributed by atoms with Crippen molar-refractivity contribution in [3.8, 4) is 11.1 Å². The molecule has 8 heteroatoms. The molecule has 6 nitrogen and oxygen atoms in total. The molecule has 3 aromatic rings. The van der Waals surface area contributed by atoms with E-state index in [-0.39, 0.29) is 18.1 Å². The molecule has 0 aliphatic carbocycles. The molecule has 2 aliphatic rings. The SMILES string of the molecule is O=C1N(c2ccc(-c3cn[nH]c3)cc2)CC2(CCNCC2)N1Cc1ccc(F)cc1F. The highest BCUT2D eigenvalue weighted by Gasteiger charge is 2.50. The average molecular weight is 423 g/mol. The molecular formula is C23H23F2N5O. The summed E-state index contributed by atoms with van der Waals surface area (Å²) in [5.41, 5.74) is 2.72. The fourth-order valence-corrected chi connectivity index (χ4v) is 4.62. The molecule has 5 rings (SSSR count). The molecule has 0 saturated carbocycles. The maximum absolute atomic E-state index is 14.4. The number of piperidine rings is 1. The first-order valence-corrected chi connectivity index (χ1v) is 10.4. The van der Waals surface area contributed by atoms with Crippen molar-refractivity contribution < 1.29 is 13.6 Å². The number of hydrogen-bond donors (Lipinski definition) is 2. The van der Waals surface area contributed by atoms with Crippen LogP contribution < -0.4 is 10.2 Å². The Hall–Kier alpha value is -3.26. The molecule has 2 N–H and O–H groups in total. The molecule has 31 heavy (non-hydrogen) atoms. The summed E-state index contributed by atoms with van der Waals surface area (Å²) in [5.74, 6) is -1.25. The number of anilines is 1. The molecule has 2 saturated heterocycles. The predicted molar refractivity (Wildman–Crippen MR) is 114 cm³/mol. The largest absolute Gasteiger partial charge is 0.325 e. The lowest BCUT2D eigenvalue weighted by atomic mass is 9.87. The summed E-state index contributed by atoms with van der Waals surface area (Å²) in [6, 6.07) is 11.2. The Morgan fingerprint density at radius 1 is 1.03 bits per heavy atom. The van der Waals surface area contributed by atoms with Gasteiger partial charge in [0, 0.05) is 29.1 Å². The van der Waals surface area contributed by atoms with Gasteiger partial charge in [0.05, 0.1) is 24.8 Å². The van der Waals surface area contributed by atoms with E-state index in [4.69, 9.17) is 0 Å². The van der Waals surface area contributed by atoms with Gasteiger partial charge in [-0.15, -0.1) is 0 Å². The van der Waals surface area contributed by atoms with Crippen LogP contribution in [-0.4, -0.2) is 46.3 Å². The van der Waals surface area contributed by atoms with Crippen molar-refractivity contribution in [2.45, 2.75) is 24.9 Å². The summed E-state index contributed by atoms with van der Waals surface area (Å²) in [6.07, 6.45) is 5.13. The molecule has 2 amide bonds. The van der Waals surface area contributed by atoms with Gasteiger partial charge in [0.25, 0.3) is 0 Å². The number of aromatic amines is 1. The van der Waals surface area contributed by atoms with Crippen LogP contribution in [0.1, 0.15) is 18.4 Å². The molecular weight excluding hydrogens is 400 g/mol. The molecule has 0 bridgehead atoms. The number of amides is 2. The zero-order valence-corrected chi connectivity index (χ0v) is 16.9. The maximum Gasteiger partial charge on any atom is 0.325 e. The number of carbonyl (C=O) groups excluding carboxylic acids is 1. The Labute approximate surface area is 178 Å². The van der Waals surface area contributed by atoms with Gasteiger partial charge in [0.15, 0.2) is 0 Å². The minimum atomic E-state index is -0.625. The molecule has 1 aromatic heterocycles. The van der Waals surface area contributed by atoms with Crippen LogP contribution in [0, 0.1) is 11.6 Å². The Morgan fingerprint density at radius 3 is 2.48 bits per heavy atom. The summed E-state index contributed by atoms with van der Waals surface area (Å²) in [4.78, 5) is 17.0. The number of H-pyrrole nitrogens is 1. The summed E-state index contributed by atoms with van der Waals surface area (Å²) in [7, 11) is 0. The standard InChI is InChI=1S/C23H23F2N5O/c24-19-4-1-17(21(25)11-19)14-30-22(31)29(15-23(30)7-9-26-10-8-23)20-5-2-16(3-6-20)18-12-27-28-13-18/h1-6,11-13,26H,7-10,14-15H2,(H,27,28). The summed E-state index contributed by atoms with van der Waals surface area (Å²) in [5, 5.41) is 10.1. The van der Waals surface area contributed by atoms with E-state index in [2.05, 4.69) is 15.5 Å². The number of nitrogens with one attached hydrogen (secondary N) is 2. The van der Waals surface area contributed by atoms with E-state index < -0.39 is 11.6 Å². The minimum absolute atomic E-state index is 0.120. The topological polar surface area (TPSA) is 64.3 Å². The Kier molecular flexibility index (Phi) is 4.94. The Balaban J connectivity index is 1.45. The lowest BCUT2D eigenvalue weighted by Crippen LogP contribution is -2.53. The third kappa shape index (κ3) is 3.57. The van der Waals surface area contributed by atoms with Gasteiger partial charge in [-0.1, -0.05) is 18.2 Å². The number of aromatic nitrogens is 2. The van der Waals surface area contributed by atoms with E-state index in [0.717, 1.165) is 48.8 Å². The monoisotopic (exact) mass is 423 g/mol. The van der Waals surface area contributed by atoms with E-state index in [1.165, 1.54) is 12.1 Å². The molecule has 0 unspecified atom stereocenters. The molecule has 2 aromatic carbocycles. The quantitative estimate of drug-likeness (QED) is 0.669. The third-order valence-electron chi connectivity index (χ3n) is 6.38. The molecule has 1 spiro atoms. The Bertz CT molecular complexity index is 1080. The summed E-state index contributed by atoms with van der Waals surface area (Å²) >= 11 is 0. The second-order valence-corrected chi connectivity index (χ2v) is 8.20. The number of nitrogens with zero attached hydrogens (tertiary/aromatic N) is 3. The summed E-state index contributed by atoms with van der Waals surface area (Å²) in [6.45, 7) is 2.25. The normalized spacial score (nSPS) is 18.2. The fourth-order valence-electron chi connectivity index (χ4n) is 4.62. The zero-order valence-electron chi connectivity index (χ0n) is 16.9. The van der Waals surface area contributed by atoms with Crippen molar-refractivity contribution in [1.29, 1.82) is 0 Å². The first-order valence-electron chi connectivity index (χ1n) is 10.4. The number of hydrogen-bond acceptors (Lipinski definition) is 3. The first kappa shape index (κ1) is 19.7. The van der Waals surface area contributed by atoms with Gasteiger partial charge in [-0.25, -0.2) is 13.6 Å². The predicted octanol–water partition coefficient (Wildman–Crippen LogP) is 3.92. The number of urea groups is 1. The van der Waals surface area contributed by atoms with E-state index in [9.17, 15) is 13.6 Å². The van der Waals surface area contributed by atoms with Gasteiger partial charge in [0.2, 0.25) is 0 Å². The van der Waals surface area contributed by atoms with Gasteiger partial charge in [0.1, 0.15) is 11.6 Å². The van der Waals surface area contributed by atoms with E-state index in [0.29, 0.717) is 12.1 Å². The molecule has 0 atom stereocenters. The highest BCUT2D eigenvalue weighted by molar-refractivity contribution is 5.95. The number of halogens is 2. The number of benzene rings is 2. The van der Waals surface area contributed by atoms with Crippen LogP contribution >= 0.6 is 0 Å². The van der Waals surface area contributed by atoms with Crippen LogP contribution in [-0.2, 0) is 6.54 Å². The van der Waals surface area contributed by atoms with Crippen molar-refractivity contribution in [2.24, 2.45) is 0 Å². The number of carbonyl (C=O) groups is 1. The zero-order chi connectivity index (χ0) is 21.4. The van der Waals surface area contributed by atoms with Crippen molar-refractivity contribution >= 4 is 11.7 Å². The molecule has 2 aliphatic heterocycles. The first-order chi connectivity index (χ1) is 15.1. The van der Waals surface area contributed by atoms with Crippen LogP contribution in [0.5, 0.6) is 0 Å². The second kappa shape index (κ2) is 7.77. The summed E-state index contributed by atoms with van der Waals surface area (Å²) < 4.78 is 27.7. The van der Waals surface area contributed by atoms with Crippen LogP contribution in [0.4, 0.5) is 19.3 Å². The number of rotatable bonds is 4. The van der Waals surface area contributed by atoms with Gasteiger partial charge in [-0.05, 0) is 49.7 Å². The van der Waals surface area contributed by atoms with Gasteiger partial charge >= 0.3 is 6.03 Å². The van der Waals surface area contributed by atoms with Crippen molar-refractivity contribution in [3.63, 3.8) is 0 Å². The van der Waals surface area contributed by atoms with E-state index >= 15 is 0 Å². The molecule has 160 valence electrons. The second-order valence-electron chi connectivity index (χ2n) is 8.20. The maximum atomic E-state index is 14.4. The van der Waals surface area contributed by atoms with Crippen molar-refractivity contribution in [3.05, 3.63) is 72.1 Å². The molecule has 2 fully saturated rings. The lowest BCUT2D eigenvalue weighted by Gasteiger charge is -2.40. The average Bonchev–Trinajstić information content (AvgIpc) is 3.40. The highest BCUT2D eigenvalue weighted by atomic mass is 19.1. The van der Waals surface area contributed by atoms with Gasteiger partial charge < -0.3 is 10.2 Å². The van der Waals surface area contributed by atoms with E-state index in [1.807, 2.05) is 30.5 Å². The van der Waals surface area contributed by atoms with Crippen LogP contribution in [0.15, 0.2) is 54.9 Å². The van der Waals surface area contributed by atoms with Crippen LogP contribution in [0.3, 0.4) is 0 Å². The van der Waals surface area contributed by atoms with Gasteiger partial charge in [-0.3, -0.25) is 10.00 Å². The van der Waals surface area contributed by atoms with Crippen molar-refractivity contribution in [2.75, 3.05) is 24.5 Å². The minimum Gasteiger partial charge on any atom is -0.317 e. The Morgan fingerprint density at radius 2 is 1.81 bits per heavy atom. The molecule has 0 radical (unpaired) electrons. The van der Waals surface area contributed by atoms with Gasteiger partial charge in [-0.2, -0.15) is 5.10 Å². The fraction of sp³-hybridized carbons (Fsp3) is 0.304. The highest BCUT2D eigenvalue weighted by Crippen LogP contribution is 2.38. The lowest BCUT2D eigenvalue weighted by molar-refractivity contribution is 0.119. The third-order valence-corrected chi connectivity index (χ3v) is 6.38. The van der Waals surface area contributed by atoms with Crippen LogP contribution in [0.25, 0.3) is 11.1 Å². The smallest absolute Gasteiger partial charge is 0.317 e. The molecule has 3 heterocycles. The van der Waals surface area contributed by atoms with Crippen molar-refractivity contribution in [1.82, 2.24) is 20.4 Å².